The van der Waals surface area contributed by atoms with E-state index in [4.69, 9.17) is 0 Å². The van der Waals surface area contributed by atoms with Gasteiger partial charge in [0, 0.05) is 36.1 Å². The minimum Gasteiger partial charge on any atom is -0.502 e. The van der Waals surface area contributed by atoms with Crippen LogP contribution in [0.4, 0.5) is 17.1 Å². The molecule has 0 radical (unpaired) electrons. The predicted molar refractivity (Wildman–Crippen MR) is 115 cm³/mol. The Morgan fingerprint density at radius 3 is 1.79 bits per heavy atom. The first-order chi connectivity index (χ1) is 13.9. The first-order valence-corrected chi connectivity index (χ1v) is 9.58. The van der Waals surface area contributed by atoms with Gasteiger partial charge in [-0.3, -0.25) is 10.1 Å². The number of anilines is 2. The standard InChI is InChI=1S/C23H23N3O3/c1-16-3-8-19(9-4-16)24-13-14-25(20-10-5-17(2)6-11-20)23(24)18-7-12-22(27)21(15-18)26(28)29/h3-12,15,23,27H,13-14H2,1-2H3. The van der Waals surface area contributed by atoms with Crippen LogP contribution in [0.5, 0.6) is 5.75 Å². The highest BCUT2D eigenvalue weighted by Crippen LogP contribution is 2.40. The van der Waals surface area contributed by atoms with Gasteiger partial charge in [0.05, 0.1) is 4.92 Å². The van der Waals surface area contributed by atoms with Crippen LogP contribution in [-0.4, -0.2) is 23.1 Å². The molecule has 148 valence electrons. The Balaban J connectivity index is 1.81. The molecule has 0 aliphatic carbocycles. The van der Waals surface area contributed by atoms with Gasteiger partial charge in [0.15, 0.2) is 5.75 Å². The van der Waals surface area contributed by atoms with E-state index >= 15 is 0 Å². The lowest BCUT2D eigenvalue weighted by atomic mass is 10.1. The normalized spacial score (nSPS) is 14.4. The van der Waals surface area contributed by atoms with E-state index in [0.717, 1.165) is 30.0 Å². The number of hydrogen-bond acceptors (Lipinski definition) is 5. The summed E-state index contributed by atoms with van der Waals surface area (Å²) >= 11 is 0. The predicted octanol–water partition coefficient (Wildman–Crippen LogP) is 4.94. The number of nitrogens with zero attached hydrogens (tertiary/aromatic N) is 3. The lowest BCUT2D eigenvalue weighted by Crippen LogP contribution is -2.31. The molecular formula is C23H23N3O3. The van der Waals surface area contributed by atoms with Gasteiger partial charge in [-0.05, 0) is 44.2 Å². The van der Waals surface area contributed by atoms with Crippen LogP contribution in [0.25, 0.3) is 0 Å². The monoisotopic (exact) mass is 389 g/mol. The van der Waals surface area contributed by atoms with Gasteiger partial charge >= 0.3 is 5.69 Å². The second-order valence-electron chi connectivity index (χ2n) is 7.44. The van der Waals surface area contributed by atoms with Crippen LogP contribution in [0.2, 0.25) is 0 Å². The molecule has 3 aromatic rings. The number of rotatable bonds is 4. The van der Waals surface area contributed by atoms with Crippen LogP contribution in [-0.2, 0) is 0 Å². The molecule has 0 amide bonds. The average Bonchev–Trinajstić information content (AvgIpc) is 3.14. The van der Waals surface area contributed by atoms with Gasteiger partial charge in [-0.15, -0.1) is 0 Å². The second-order valence-corrected chi connectivity index (χ2v) is 7.44. The fraction of sp³-hybridized carbons (Fsp3) is 0.217. The van der Waals surface area contributed by atoms with Gasteiger partial charge in [-0.2, -0.15) is 0 Å². The maximum atomic E-state index is 11.4. The third-order valence-corrected chi connectivity index (χ3v) is 5.40. The molecule has 3 aromatic carbocycles. The lowest BCUT2D eigenvalue weighted by Gasteiger charge is -2.33. The third kappa shape index (κ3) is 3.61. The number of nitro benzene ring substituents is 1. The Bertz CT molecular complexity index is 979. The van der Waals surface area contributed by atoms with Crippen molar-refractivity contribution in [1.82, 2.24) is 0 Å². The lowest BCUT2D eigenvalue weighted by molar-refractivity contribution is -0.385. The van der Waals surface area contributed by atoms with E-state index in [1.165, 1.54) is 23.3 Å². The minimum absolute atomic E-state index is 0.209. The van der Waals surface area contributed by atoms with Gasteiger partial charge in [0.25, 0.3) is 0 Å². The van der Waals surface area contributed by atoms with Crippen LogP contribution < -0.4 is 9.80 Å². The van der Waals surface area contributed by atoms with E-state index in [-0.39, 0.29) is 17.6 Å². The van der Waals surface area contributed by atoms with Gasteiger partial charge in [-0.1, -0.05) is 41.5 Å². The summed E-state index contributed by atoms with van der Waals surface area (Å²) in [6.45, 7) is 5.67. The van der Waals surface area contributed by atoms with E-state index in [1.807, 2.05) is 13.8 Å². The molecule has 1 heterocycles. The van der Waals surface area contributed by atoms with Crippen molar-refractivity contribution in [3.8, 4) is 5.75 Å². The summed E-state index contributed by atoms with van der Waals surface area (Å²) in [5.74, 6) is -0.319. The second kappa shape index (κ2) is 7.47. The molecule has 0 spiro atoms. The number of phenolic OH excluding ortho intramolecular Hbond substituents is 1. The zero-order valence-corrected chi connectivity index (χ0v) is 16.4. The summed E-state index contributed by atoms with van der Waals surface area (Å²) in [5, 5.41) is 21.3. The molecule has 6 nitrogen and oxygen atoms in total. The molecule has 1 fully saturated rings. The van der Waals surface area contributed by atoms with Crippen LogP contribution >= 0.6 is 0 Å². The Morgan fingerprint density at radius 1 is 0.862 bits per heavy atom. The Labute approximate surface area is 169 Å². The molecule has 29 heavy (non-hydrogen) atoms. The molecule has 0 unspecified atom stereocenters. The summed E-state index contributed by atoms with van der Waals surface area (Å²) < 4.78 is 0. The molecule has 1 saturated heterocycles. The van der Waals surface area contributed by atoms with Crippen molar-refractivity contribution in [2.45, 2.75) is 20.0 Å². The minimum atomic E-state index is -0.541. The topological polar surface area (TPSA) is 69.8 Å². The maximum absolute atomic E-state index is 11.4. The first-order valence-electron chi connectivity index (χ1n) is 9.58. The number of phenols is 1. The fourth-order valence-electron chi connectivity index (χ4n) is 3.85. The van der Waals surface area contributed by atoms with Gasteiger partial charge in [0.1, 0.15) is 6.17 Å². The van der Waals surface area contributed by atoms with Crippen LogP contribution in [0.1, 0.15) is 22.9 Å². The third-order valence-electron chi connectivity index (χ3n) is 5.40. The average molecular weight is 389 g/mol. The smallest absolute Gasteiger partial charge is 0.311 e. The van der Waals surface area contributed by atoms with Gasteiger partial charge in [-0.25, -0.2) is 0 Å². The summed E-state index contributed by atoms with van der Waals surface area (Å²) in [6.07, 6.45) is -0.209. The fourth-order valence-corrected chi connectivity index (χ4v) is 3.85. The number of nitro groups is 1. The van der Waals surface area contributed by atoms with Gasteiger partial charge in [0.2, 0.25) is 0 Å². The summed E-state index contributed by atoms with van der Waals surface area (Å²) in [4.78, 5) is 15.3. The number of benzene rings is 3. The van der Waals surface area contributed by atoms with E-state index in [1.54, 1.807) is 6.07 Å². The number of aryl methyl sites for hydroxylation is 2. The van der Waals surface area contributed by atoms with Crippen molar-refractivity contribution in [2.75, 3.05) is 22.9 Å². The largest absolute Gasteiger partial charge is 0.502 e. The van der Waals surface area contributed by atoms with Crippen molar-refractivity contribution in [3.05, 3.63) is 93.5 Å². The van der Waals surface area contributed by atoms with Crippen LogP contribution in [0.3, 0.4) is 0 Å². The molecule has 1 aliphatic heterocycles. The van der Waals surface area contributed by atoms with Crippen molar-refractivity contribution in [3.63, 3.8) is 0 Å². The van der Waals surface area contributed by atoms with E-state index in [9.17, 15) is 15.2 Å². The Hall–Kier alpha value is -3.54. The van der Waals surface area contributed by atoms with Gasteiger partial charge < -0.3 is 14.9 Å². The van der Waals surface area contributed by atoms with Crippen LogP contribution in [0.15, 0.2) is 66.7 Å². The molecule has 1 N–H and O–H groups in total. The highest BCUT2D eigenvalue weighted by molar-refractivity contribution is 5.61. The molecular weight excluding hydrogens is 366 g/mol. The highest BCUT2D eigenvalue weighted by Gasteiger charge is 2.35. The quantitative estimate of drug-likeness (QED) is 0.505. The highest BCUT2D eigenvalue weighted by atomic mass is 16.6. The SMILES string of the molecule is Cc1ccc(N2CCN(c3ccc(C)cc3)C2c2ccc(O)c([N+](=O)[O-])c2)cc1. The van der Waals surface area contributed by atoms with Crippen molar-refractivity contribution >= 4 is 17.1 Å². The van der Waals surface area contributed by atoms with Crippen LogP contribution in [0, 0.1) is 24.0 Å². The number of aromatic hydroxyl groups is 1. The molecule has 0 saturated carbocycles. The molecule has 0 bridgehead atoms. The summed E-state index contributed by atoms with van der Waals surface area (Å²) in [5.41, 5.74) is 4.98. The first kappa shape index (κ1) is 18.8. The Morgan fingerprint density at radius 2 is 1.34 bits per heavy atom. The van der Waals surface area contributed by atoms with Crippen molar-refractivity contribution in [2.24, 2.45) is 0 Å². The van der Waals surface area contributed by atoms with Crippen molar-refractivity contribution < 1.29 is 10.0 Å². The summed E-state index contributed by atoms with van der Waals surface area (Å²) in [7, 11) is 0. The van der Waals surface area contributed by atoms with Crippen molar-refractivity contribution in [1.29, 1.82) is 0 Å². The van der Waals surface area contributed by atoms with E-state index in [2.05, 4.69) is 58.3 Å². The zero-order valence-electron chi connectivity index (χ0n) is 16.4. The van der Waals surface area contributed by atoms with E-state index < -0.39 is 4.92 Å². The molecule has 0 aromatic heterocycles. The molecule has 6 heteroatoms. The zero-order chi connectivity index (χ0) is 20.5. The molecule has 4 rings (SSSR count). The number of hydrogen-bond donors (Lipinski definition) is 1. The maximum Gasteiger partial charge on any atom is 0.311 e. The Kier molecular flexibility index (Phi) is 4.84. The van der Waals surface area contributed by atoms with E-state index in [0.29, 0.717) is 0 Å². The molecule has 1 aliphatic rings. The summed E-state index contributed by atoms with van der Waals surface area (Å²) in [6, 6.07) is 21.2. The molecule has 0 atom stereocenters.